The summed E-state index contributed by atoms with van der Waals surface area (Å²) >= 11 is 5.49. The van der Waals surface area contributed by atoms with Crippen molar-refractivity contribution in [3.05, 3.63) is 35.3 Å². The molecule has 0 atom stereocenters. The summed E-state index contributed by atoms with van der Waals surface area (Å²) in [6.07, 6.45) is 0. The Hall–Kier alpha value is -0.490. The van der Waals surface area contributed by atoms with Gasteiger partial charge in [0, 0.05) is 5.02 Å². The summed E-state index contributed by atoms with van der Waals surface area (Å²) in [5, 5.41) is 0.107. The molecule has 0 N–H and O–H groups in total. The zero-order valence-corrected chi connectivity index (χ0v) is 4.29. The van der Waals surface area contributed by atoms with E-state index in [9.17, 15) is 0 Å². The topological polar surface area (TPSA) is 0 Å². The van der Waals surface area contributed by atoms with Gasteiger partial charge in [-0.15, -0.1) is 0 Å². The fourth-order valence-corrected chi connectivity index (χ4v) is 0.402. The molecule has 0 heterocycles. The van der Waals surface area contributed by atoms with Crippen LogP contribution in [0.3, 0.4) is 0 Å². The summed E-state index contributed by atoms with van der Waals surface area (Å²) in [6.45, 7) is 0. The Morgan fingerprint density at radius 3 is 2.57 bits per heavy atom. The minimum Gasteiger partial charge on any atom is -0.0843 e. The monoisotopic (exact) mass is 115 g/mol. The maximum Gasteiger partial charge on any atom is 0.0638 e. The molecule has 1 rings (SSSR count). The molecule has 0 radical (unpaired) electrons. The summed E-state index contributed by atoms with van der Waals surface area (Å²) in [5.41, 5.74) is 0. The van der Waals surface area contributed by atoms with Gasteiger partial charge in [0.25, 0.3) is 0 Å². The Bertz CT molecular complexity index is 236. The fourth-order valence-electron chi connectivity index (χ4n) is 0.293. The molecule has 36 valence electrons. The third-order valence-corrected chi connectivity index (χ3v) is 0.783. The average Bonchev–Trinajstić information content (AvgIpc) is 1.82. The van der Waals surface area contributed by atoms with E-state index in [0.29, 0.717) is 0 Å². The summed E-state index contributed by atoms with van der Waals surface area (Å²) < 4.78 is 21.3. The summed E-state index contributed by atoms with van der Waals surface area (Å²) in [4.78, 5) is 0. The molecule has 0 bridgehead atoms. The van der Waals surface area contributed by atoms with Crippen LogP contribution in [0.25, 0.3) is 0 Å². The van der Waals surface area contributed by atoms with E-state index in [0.717, 1.165) is 0 Å². The highest BCUT2D eigenvalue weighted by Crippen LogP contribution is 2.03. The van der Waals surface area contributed by atoms with Crippen molar-refractivity contribution in [2.24, 2.45) is 0 Å². The Balaban J connectivity index is 3.31. The lowest BCUT2D eigenvalue weighted by atomic mass is 10.4. The molecule has 1 heteroatoms. The van der Waals surface area contributed by atoms with Crippen molar-refractivity contribution in [1.82, 2.24) is 0 Å². The van der Waals surface area contributed by atoms with Crippen molar-refractivity contribution >= 4 is 11.6 Å². The summed E-state index contributed by atoms with van der Waals surface area (Å²) in [7, 11) is 0. The first-order valence-corrected chi connectivity index (χ1v) is 2.22. The average molecular weight is 116 g/mol. The second-order valence-electron chi connectivity index (χ2n) is 1.06. The first kappa shape index (κ1) is 2.19. The number of halogens is 1. The van der Waals surface area contributed by atoms with Gasteiger partial charge in [-0.25, -0.2) is 0 Å². The van der Waals surface area contributed by atoms with Gasteiger partial charge in [-0.3, -0.25) is 0 Å². The maximum absolute atomic E-state index is 7.13. The van der Waals surface area contributed by atoms with Crippen LogP contribution in [0, 0.1) is 0 Å². The third kappa shape index (κ3) is 1.20. The highest BCUT2D eigenvalue weighted by Gasteiger charge is 1.74. The van der Waals surface area contributed by atoms with E-state index >= 15 is 0 Å². The van der Waals surface area contributed by atoms with Crippen LogP contribution in [0.4, 0.5) is 0 Å². The lowest BCUT2D eigenvalue weighted by Gasteiger charge is -1.80. The molecule has 0 aromatic heterocycles. The minimum atomic E-state index is 0.0409. The molecule has 0 aliphatic heterocycles. The van der Waals surface area contributed by atoms with Gasteiger partial charge in [0.1, 0.15) is 0 Å². The van der Waals surface area contributed by atoms with Crippen molar-refractivity contribution in [2.45, 2.75) is 0 Å². The van der Waals surface area contributed by atoms with Crippen LogP contribution in [0.15, 0.2) is 30.3 Å². The molecule has 0 fully saturated rings. The highest BCUT2D eigenvalue weighted by atomic mass is 35.5. The van der Waals surface area contributed by atoms with Gasteiger partial charge in [0.05, 0.1) is 4.11 Å². The number of benzene rings is 1. The van der Waals surface area contributed by atoms with Gasteiger partial charge in [0.2, 0.25) is 0 Å². The molecule has 7 heavy (non-hydrogen) atoms. The van der Waals surface area contributed by atoms with E-state index in [1.807, 2.05) is 0 Å². The molecule has 0 nitrogen and oxygen atoms in total. The normalized spacial score (nSPS) is 14.7. The smallest absolute Gasteiger partial charge is 0.0638 e. The zero-order valence-electron chi connectivity index (χ0n) is 6.53. The van der Waals surface area contributed by atoms with Crippen molar-refractivity contribution in [3.8, 4) is 0 Å². The largest absolute Gasteiger partial charge is 0.0843 e. The lowest BCUT2D eigenvalue weighted by molar-refractivity contribution is 1.71. The zero-order chi connectivity index (χ0) is 7.72. The molecule has 1 aromatic carbocycles. The van der Waals surface area contributed by atoms with E-state index in [1.54, 1.807) is 0 Å². The molecular formula is C6H5Cl. The Labute approximate surface area is 51.9 Å². The molecule has 0 aliphatic rings. The summed E-state index contributed by atoms with van der Waals surface area (Å²) in [6, 6.07) is 2.85. The van der Waals surface area contributed by atoms with E-state index in [1.165, 1.54) is 12.1 Å². The number of rotatable bonds is 0. The first-order chi connectivity index (χ1) is 4.61. The van der Waals surface area contributed by atoms with Crippen LogP contribution in [-0.2, 0) is 0 Å². The van der Waals surface area contributed by atoms with Crippen LogP contribution in [-0.4, -0.2) is 0 Å². The number of hydrogen-bond acceptors (Lipinski definition) is 0. The SMILES string of the molecule is [2H]c1cc([2H])c(Cl)c([2H])c1. The van der Waals surface area contributed by atoms with Gasteiger partial charge >= 0.3 is 0 Å². The Morgan fingerprint density at radius 2 is 2.00 bits per heavy atom. The molecule has 0 spiro atoms. The van der Waals surface area contributed by atoms with E-state index in [4.69, 9.17) is 15.7 Å². The van der Waals surface area contributed by atoms with Crippen LogP contribution >= 0.6 is 11.6 Å². The maximum atomic E-state index is 7.13. The first-order valence-electron chi connectivity index (χ1n) is 3.34. The van der Waals surface area contributed by atoms with Gasteiger partial charge in [-0.05, 0) is 12.1 Å². The predicted octanol–water partition coefficient (Wildman–Crippen LogP) is 2.34. The van der Waals surface area contributed by atoms with Gasteiger partial charge in [0.15, 0.2) is 0 Å². The van der Waals surface area contributed by atoms with E-state index in [2.05, 4.69) is 0 Å². The van der Waals surface area contributed by atoms with Crippen LogP contribution in [0.5, 0.6) is 0 Å². The van der Waals surface area contributed by atoms with Gasteiger partial charge < -0.3 is 0 Å². The second kappa shape index (κ2) is 1.99. The van der Waals surface area contributed by atoms with Crippen LogP contribution in [0.1, 0.15) is 4.11 Å². The van der Waals surface area contributed by atoms with E-state index in [-0.39, 0.29) is 23.1 Å². The van der Waals surface area contributed by atoms with E-state index < -0.39 is 0 Å². The molecule has 0 unspecified atom stereocenters. The molecule has 0 aliphatic carbocycles. The van der Waals surface area contributed by atoms with Crippen molar-refractivity contribution in [2.75, 3.05) is 0 Å². The van der Waals surface area contributed by atoms with Crippen molar-refractivity contribution in [1.29, 1.82) is 0 Å². The minimum absolute atomic E-state index is 0.0409. The summed E-state index contributed by atoms with van der Waals surface area (Å²) in [5.74, 6) is 0. The van der Waals surface area contributed by atoms with Crippen molar-refractivity contribution < 1.29 is 4.11 Å². The quantitative estimate of drug-likeness (QED) is 0.487. The third-order valence-electron chi connectivity index (χ3n) is 0.564. The van der Waals surface area contributed by atoms with Crippen molar-refractivity contribution in [3.63, 3.8) is 0 Å². The molecule has 1 aromatic rings. The lowest BCUT2D eigenvalue weighted by Crippen LogP contribution is -1.55. The Kier molecular flexibility index (Phi) is 0.620. The predicted molar refractivity (Wildman–Crippen MR) is 31.5 cm³/mol. The molecule has 0 saturated heterocycles. The fraction of sp³-hybridized carbons (Fsp3) is 0. The molecule has 0 amide bonds. The Morgan fingerprint density at radius 1 is 1.43 bits per heavy atom. The number of hydrogen-bond donors (Lipinski definition) is 0. The molecular weight excluding hydrogens is 108 g/mol. The van der Waals surface area contributed by atoms with Gasteiger partial charge in [-0.2, -0.15) is 0 Å². The standard InChI is InChI=1S/C6H5Cl/c7-6-4-2-1-3-5-6/h1-5H/i1D,4D,5D. The highest BCUT2D eigenvalue weighted by molar-refractivity contribution is 6.30. The molecule has 0 saturated carbocycles. The van der Waals surface area contributed by atoms with Crippen LogP contribution in [0.2, 0.25) is 5.02 Å². The second-order valence-corrected chi connectivity index (χ2v) is 1.44. The van der Waals surface area contributed by atoms with Crippen LogP contribution < -0.4 is 0 Å². The van der Waals surface area contributed by atoms with Gasteiger partial charge in [-0.1, -0.05) is 29.8 Å².